The van der Waals surface area contributed by atoms with E-state index in [-0.39, 0.29) is 11.6 Å². The molecule has 0 spiro atoms. The number of nitrogens with one attached hydrogen (secondary N) is 1. The molecule has 4 nitrogen and oxygen atoms in total. The molecule has 0 radical (unpaired) electrons. The van der Waals surface area contributed by atoms with Crippen molar-refractivity contribution in [3.63, 3.8) is 0 Å². The van der Waals surface area contributed by atoms with Gasteiger partial charge in [0.15, 0.2) is 0 Å². The SMILES string of the molecule is CC1(O)CCN(CCC(=O)Nc2ccccc2F)C1. The number of β-amino-alcohol motifs (C(OH)–C–C–N with tert-alkyl or cyclic N) is 1. The van der Waals surface area contributed by atoms with Crippen LogP contribution in [0.15, 0.2) is 24.3 Å². The van der Waals surface area contributed by atoms with Crippen molar-refractivity contribution in [3.8, 4) is 0 Å². The zero-order chi connectivity index (χ0) is 13.9. The Morgan fingerprint density at radius 2 is 2.26 bits per heavy atom. The molecule has 19 heavy (non-hydrogen) atoms. The van der Waals surface area contributed by atoms with Crippen molar-refractivity contribution in [3.05, 3.63) is 30.1 Å². The number of anilines is 1. The van der Waals surface area contributed by atoms with Crippen LogP contribution in [-0.2, 0) is 4.79 Å². The number of hydrogen-bond donors (Lipinski definition) is 2. The fourth-order valence-corrected chi connectivity index (χ4v) is 2.26. The highest BCUT2D eigenvalue weighted by molar-refractivity contribution is 5.90. The van der Waals surface area contributed by atoms with E-state index in [9.17, 15) is 14.3 Å². The van der Waals surface area contributed by atoms with E-state index in [0.29, 0.717) is 19.5 Å². The van der Waals surface area contributed by atoms with Gasteiger partial charge in [0.25, 0.3) is 0 Å². The number of amides is 1. The Morgan fingerprint density at radius 1 is 1.53 bits per heavy atom. The lowest BCUT2D eigenvalue weighted by Crippen LogP contribution is -2.31. The first-order valence-corrected chi connectivity index (χ1v) is 6.45. The molecule has 1 atom stereocenters. The van der Waals surface area contributed by atoms with Crippen molar-refractivity contribution in [2.24, 2.45) is 0 Å². The third kappa shape index (κ3) is 4.01. The third-order valence-electron chi connectivity index (χ3n) is 3.33. The Balaban J connectivity index is 1.78. The largest absolute Gasteiger partial charge is 0.389 e. The second kappa shape index (κ2) is 5.67. The number of carbonyl (C=O) groups excluding carboxylic acids is 1. The van der Waals surface area contributed by atoms with Crippen molar-refractivity contribution in [2.75, 3.05) is 25.0 Å². The predicted molar refractivity (Wildman–Crippen MR) is 71.3 cm³/mol. The minimum Gasteiger partial charge on any atom is -0.389 e. The number of para-hydroxylation sites is 1. The number of benzene rings is 1. The number of carbonyl (C=O) groups is 1. The summed E-state index contributed by atoms with van der Waals surface area (Å²) in [6, 6.07) is 6.11. The minimum atomic E-state index is -0.651. The van der Waals surface area contributed by atoms with Crippen LogP contribution in [0.1, 0.15) is 19.8 Å². The Morgan fingerprint density at radius 3 is 2.89 bits per heavy atom. The molecule has 1 unspecified atom stereocenters. The van der Waals surface area contributed by atoms with Crippen LogP contribution in [0.5, 0.6) is 0 Å². The van der Waals surface area contributed by atoms with Gasteiger partial charge in [0.2, 0.25) is 5.91 Å². The van der Waals surface area contributed by atoms with E-state index in [1.54, 1.807) is 19.1 Å². The molecule has 0 aromatic heterocycles. The maximum Gasteiger partial charge on any atom is 0.225 e. The van der Waals surface area contributed by atoms with Gasteiger partial charge in [-0.2, -0.15) is 0 Å². The van der Waals surface area contributed by atoms with Gasteiger partial charge in [-0.1, -0.05) is 12.1 Å². The maximum atomic E-state index is 13.3. The van der Waals surface area contributed by atoms with Gasteiger partial charge in [0.1, 0.15) is 5.82 Å². The van der Waals surface area contributed by atoms with E-state index in [4.69, 9.17) is 0 Å². The molecule has 1 fully saturated rings. The molecular formula is C14H19FN2O2. The first-order valence-electron chi connectivity index (χ1n) is 6.45. The van der Waals surface area contributed by atoms with Crippen LogP contribution < -0.4 is 5.32 Å². The lowest BCUT2D eigenvalue weighted by atomic mass is 10.1. The van der Waals surface area contributed by atoms with Crippen LogP contribution in [0.25, 0.3) is 0 Å². The van der Waals surface area contributed by atoms with Gasteiger partial charge in [-0.15, -0.1) is 0 Å². The quantitative estimate of drug-likeness (QED) is 0.870. The molecule has 1 amide bonds. The highest BCUT2D eigenvalue weighted by Crippen LogP contribution is 2.20. The second-order valence-electron chi connectivity index (χ2n) is 5.30. The van der Waals surface area contributed by atoms with Crippen molar-refractivity contribution in [1.82, 2.24) is 4.90 Å². The number of halogens is 1. The van der Waals surface area contributed by atoms with Gasteiger partial charge in [0, 0.05) is 26.1 Å². The van der Waals surface area contributed by atoms with E-state index < -0.39 is 11.4 Å². The van der Waals surface area contributed by atoms with Crippen LogP contribution in [-0.4, -0.2) is 41.1 Å². The Kier molecular flexibility index (Phi) is 4.17. The van der Waals surface area contributed by atoms with Crippen molar-refractivity contribution < 1.29 is 14.3 Å². The average molecular weight is 266 g/mol. The van der Waals surface area contributed by atoms with Crippen molar-refractivity contribution in [2.45, 2.75) is 25.4 Å². The average Bonchev–Trinajstić information content (AvgIpc) is 2.69. The normalized spacial score (nSPS) is 23.5. The van der Waals surface area contributed by atoms with E-state index in [0.717, 1.165) is 13.0 Å². The second-order valence-corrected chi connectivity index (χ2v) is 5.30. The Hall–Kier alpha value is -1.46. The van der Waals surface area contributed by atoms with Gasteiger partial charge in [-0.05, 0) is 25.5 Å². The van der Waals surface area contributed by atoms with Gasteiger partial charge >= 0.3 is 0 Å². The molecule has 1 aliphatic rings. The molecule has 104 valence electrons. The van der Waals surface area contributed by atoms with Gasteiger partial charge in [-0.3, -0.25) is 9.69 Å². The summed E-state index contributed by atoms with van der Waals surface area (Å²) in [5.41, 5.74) is -0.442. The zero-order valence-corrected chi connectivity index (χ0v) is 11.0. The minimum absolute atomic E-state index is 0.209. The zero-order valence-electron chi connectivity index (χ0n) is 11.0. The third-order valence-corrected chi connectivity index (χ3v) is 3.33. The molecule has 1 aromatic rings. The van der Waals surface area contributed by atoms with Crippen molar-refractivity contribution in [1.29, 1.82) is 0 Å². The summed E-state index contributed by atoms with van der Waals surface area (Å²) in [5.74, 6) is -0.642. The fraction of sp³-hybridized carbons (Fsp3) is 0.500. The molecule has 2 N–H and O–H groups in total. The van der Waals surface area contributed by atoms with E-state index in [1.165, 1.54) is 12.1 Å². The van der Waals surface area contributed by atoms with Crippen molar-refractivity contribution >= 4 is 11.6 Å². The van der Waals surface area contributed by atoms with Crippen LogP contribution in [0, 0.1) is 5.82 Å². The Bertz CT molecular complexity index is 463. The monoisotopic (exact) mass is 266 g/mol. The highest BCUT2D eigenvalue weighted by atomic mass is 19.1. The van der Waals surface area contributed by atoms with Gasteiger partial charge in [-0.25, -0.2) is 4.39 Å². The molecule has 0 aliphatic carbocycles. The summed E-state index contributed by atoms with van der Waals surface area (Å²) in [7, 11) is 0. The highest BCUT2D eigenvalue weighted by Gasteiger charge is 2.30. The number of rotatable bonds is 4. The standard InChI is InChI=1S/C14H19FN2O2/c1-14(19)7-9-17(10-14)8-6-13(18)16-12-5-3-2-4-11(12)15/h2-5,19H,6-10H2,1H3,(H,16,18). The van der Waals surface area contributed by atoms with Crippen LogP contribution in [0.4, 0.5) is 10.1 Å². The number of likely N-dealkylation sites (tertiary alicyclic amines) is 1. The smallest absolute Gasteiger partial charge is 0.225 e. The molecular weight excluding hydrogens is 247 g/mol. The summed E-state index contributed by atoms with van der Waals surface area (Å²) >= 11 is 0. The summed E-state index contributed by atoms with van der Waals surface area (Å²) in [5, 5.41) is 12.4. The maximum absolute atomic E-state index is 13.3. The van der Waals surface area contributed by atoms with Crippen LogP contribution in [0.2, 0.25) is 0 Å². The Labute approximate surface area is 112 Å². The number of nitrogens with zero attached hydrogens (tertiary/aromatic N) is 1. The summed E-state index contributed by atoms with van der Waals surface area (Å²) < 4.78 is 13.3. The molecule has 1 heterocycles. The molecule has 1 aliphatic heterocycles. The fourth-order valence-electron chi connectivity index (χ4n) is 2.26. The molecule has 1 aromatic carbocycles. The van der Waals surface area contributed by atoms with E-state index in [1.807, 2.05) is 4.90 Å². The molecule has 0 bridgehead atoms. The van der Waals surface area contributed by atoms with Crippen LogP contribution >= 0.6 is 0 Å². The first-order chi connectivity index (χ1) is 8.96. The molecule has 1 saturated heterocycles. The predicted octanol–water partition coefficient (Wildman–Crippen LogP) is 1.61. The summed E-state index contributed by atoms with van der Waals surface area (Å²) in [4.78, 5) is 13.8. The number of aliphatic hydroxyl groups is 1. The van der Waals surface area contributed by atoms with Crippen LogP contribution in [0.3, 0.4) is 0 Å². The molecule has 0 saturated carbocycles. The summed E-state index contributed by atoms with van der Waals surface area (Å²) in [6.45, 7) is 3.75. The number of hydrogen-bond acceptors (Lipinski definition) is 3. The lowest BCUT2D eigenvalue weighted by Gasteiger charge is -2.18. The first kappa shape index (κ1) is 14.0. The topological polar surface area (TPSA) is 52.6 Å². The summed E-state index contributed by atoms with van der Waals surface area (Å²) in [6.07, 6.45) is 1.02. The van der Waals surface area contributed by atoms with E-state index in [2.05, 4.69) is 5.32 Å². The lowest BCUT2D eigenvalue weighted by molar-refractivity contribution is -0.116. The molecule has 5 heteroatoms. The molecule has 2 rings (SSSR count). The van der Waals surface area contributed by atoms with Gasteiger partial charge < -0.3 is 10.4 Å². The van der Waals surface area contributed by atoms with Gasteiger partial charge in [0.05, 0.1) is 11.3 Å². The van der Waals surface area contributed by atoms with E-state index >= 15 is 0 Å².